The molecule has 2 rings (SSSR count). The molecule has 5 heteroatoms. The lowest BCUT2D eigenvalue weighted by Gasteiger charge is -2.08. The quantitative estimate of drug-likeness (QED) is 0.653. The summed E-state index contributed by atoms with van der Waals surface area (Å²) in [5.74, 6) is 0.848. The van der Waals surface area contributed by atoms with E-state index in [9.17, 15) is 13.2 Å². The topological polar surface area (TPSA) is 0 Å². The normalized spacial score (nSPS) is 20.4. The maximum Gasteiger partial charge on any atom is 0.416 e. The van der Waals surface area contributed by atoms with Gasteiger partial charge in [-0.05, 0) is 23.6 Å². The molecule has 1 aromatic carbocycles. The van der Waals surface area contributed by atoms with Crippen LogP contribution in [0.3, 0.4) is 0 Å². The van der Waals surface area contributed by atoms with Crippen molar-refractivity contribution in [2.24, 2.45) is 0 Å². The number of alkyl halides is 3. The molecule has 1 aliphatic rings. The lowest BCUT2D eigenvalue weighted by molar-refractivity contribution is -0.137. The maximum atomic E-state index is 12.3. The first kappa shape index (κ1) is 10.1. The minimum Gasteiger partial charge on any atom is -0.166 e. The van der Waals surface area contributed by atoms with Gasteiger partial charge in [0.25, 0.3) is 0 Å². The zero-order valence-electron chi connectivity index (χ0n) is 6.94. The van der Waals surface area contributed by atoms with Crippen LogP contribution in [0.15, 0.2) is 23.1 Å². The Morgan fingerprint density at radius 2 is 1.93 bits per heavy atom. The van der Waals surface area contributed by atoms with Gasteiger partial charge in [-0.3, -0.25) is 0 Å². The summed E-state index contributed by atoms with van der Waals surface area (Å²) in [7, 11) is -0.143. The van der Waals surface area contributed by atoms with Crippen molar-refractivity contribution >= 4 is 27.5 Å². The molecule has 0 N–H and O–H groups in total. The number of rotatable bonds is 1. The van der Waals surface area contributed by atoms with Crippen LogP contribution in [-0.4, -0.2) is 11.1 Å². The van der Waals surface area contributed by atoms with E-state index >= 15 is 0 Å². The van der Waals surface area contributed by atoms with Gasteiger partial charge >= 0.3 is 6.18 Å². The van der Waals surface area contributed by atoms with E-state index in [0.717, 1.165) is 17.9 Å². The predicted molar refractivity (Wildman–Crippen MR) is 53.2 cm³/mol. The highest BCUT2D eigenvalue weighted by Crippen LogP contribution is 2.42. The molecule has 0 fully saturated rings. The van der Waals surface area contributed by atoms with Crippen molar-refractivity contribution in [3.8, 4) is 0 Å². The first-order chi connectivity index (χ1) is 6.48. The minimum atomic E-state index is -4.28. The van der Waals surface area contributed by atoms with Crippen molar-refractivity contribution in [2.45, 2.75) is 11.1 Å². The molecule has 0 radical (unpaired) electrons. The fourth-order valence-electron chi connectivity index (χ4n) is 1.09. The van der Waals surface area contributed by atoms with Gasteiger partial charge in [0.1, 0.15) is 0 Å². The smallest absolute Gasteiger partial charge is 0.166 e. The second-order valence-corrected chi connectivity index (χ2v) is 5.28. The van der Waals surface area contributed by atoms with Crippen LogP contribution in [0, 0.1) is 0 Å². The zero-order valence-corrected chi connectivity index (χ0v) is 8.51. The summed E-state index contributed by atoms with van der Waals surface area (Å²) in [5.41, 5.74) is -0.621. The third kappa shape index (κ3) is 1.96. The largest absolute Gasteiger partial charge is 0.416 e. The van der Waals surface area contributed by atoms with Crippen LogP contribution in [0.1, 0.15) is 5.56 Å². The number of hydrogen-bond acceptors (Lipinski definition) is 0. The summed E-state index contributed by atoms with van der Waals surface area (Å²) in [6.07, 6.45) is -4.28. The molecule has 1 heterocycles. The molecule has 14 heavy (non-hydrogen) atoms. The van der Waals surface area contributed by atoms with E-state index in [1.54, 1.807) is 0 Å². The van der Waals surface area contributed by atoms with Crippen molar-refractivity contribution in [3.63, 3.8) is 0 Å². The highest BCUT2D eigenvalue weighted by atomic mass is 35.5. The third-order valence-corrected chi connectivity index (χ3v) is 3.89. The summed E-state index contributed by atoms with van der Waals surface area (Å²) < 4.78 is 37.0. The summed E-state index contributed by atoms with van der Waals surface area (Å²) in [4.78, 5) is 0.612. The fraction of sp³-hybridized carbons (Fsp3) is 0.222. The molecular weight excluding hydrogens is 233 g/mol. The van der Waals surface area contributed by atoms with Crippen LogP contribution in [0.4, 0.5) is 13.2 Å². The van der Waals surface area contributed by atoms with Gasteiger partial charge in [0, 0.05) is 10.6 Å². The van der Waals surface area contributed by atoms with Crippen molar-refractivity contribution in [3.05, 3.63) is 28.8 Å². The average Bonchev–Trinajstić information content (AvgIpc) is 2.85. The van der Waals surface area contributed by atoms with Gasteiger partial charge < -0.3 is 0 Å². The maximum absolute atomic E-state index is 12.3. The highest BCUT2D eigenvalue weighted by Gasteiger charge is 2.31. The van der Waals surface area contributed by atoms with Crippen LogP contribution < -0.4 is 0 Å². The molecule has 0 nitrogen and oxygen atoms in total. The molecule has 0 saturated heterocycles. The Bertz CT molecular complexity index is 409. The van der Waals surface area contributed by atoms with Gasteiger partial charge in [-0.2, -0.15) is 23.7 Å². The molecular formula is C9H6ClF3S. The van der Waals surface area contributed by atoms with Crippen molar-refractivity contribution in [1.29, 1.82) is 0 Å². The molecule has 76 valence electrons. The van der Waals surface area contributed by atoms with Crippen LogP contribution >= 0.6 is 22.1 Å². The van der Waals surface area contributed by atoms with E-state index in [4.69, 9.17) is 11.6 Å². The van der Waals surface area contributed by atoms with E-state index in [0.29, 0.717) is 9.92 Å². The van der Waals surface area contributed by atoms with E-state index < -0.39 is 11.7 Å². The lowest BCUT2D eigenvalue weighted by atomic mass is 10.2. The SMILES string of the molecule is FC(F)(F)c1ccc(Cl)c(S2=CC2)c1. The van der Waals surface area contributed by atoms with E-state index in [-0.39, 0.29) is 10.5 Å². The van der Waals surface area contributed by atoms with Crippen LogP contribution in [0.5, 0.6) is 0 Å². The Labute approximate surface area is 86.6 Å². The van der Waals surface area contributed by atoms with Crippen molar-refractivity contribution < 1.29 is 13.2 Å². The average molecular weight is 239 g/mol. The van der Waals surface area contributed by atoms with Crippen LogP contribution in [-0.2, 0) is 6.18 Å². The highest BCUT2D eigenvalue weighted by molar-refractivity contribution is 8.23. The molecule has 0 spiro atoms. The van der Waals surface area contributed by atoms with E-state index in [1.807, 2.05) is 5.37 Å². The fourth-order valence-corrected chi connectivity index (χ4v) is 2.74. The van der Waals surface area contributed by atoms with E-state index in [1.165, 1.54) is 6.07 Å². The van der Waals surface area contributed by atoms with Gasteiger partial charge in [-0.25, -0.2) is 0 Å². The minimum absolute atomic E-state index is 0.143. The monoisotopic (exact) mass is 238 g/mol. The van der Waals surface area contributed by atoms with Crippen LogP contribution in [0.2, 0.25) is 5.02 Å². The van der Waals surface area contributed by atoms with Gasteiger partial charge in [-0.1, -0.05) is 11.6 Å². The molecule has 0 aromatic heterocycles. The summed E-state index contributed by atoms with van der Waals surface area (Å²) >= 11 is 5.80. The van der Waals surface area contributed by atoms with Crippen molar-refractivity contribution in [2.75, 3.05) is 5.75 Å². The molecule has 1 aromatic rings. The molecule has 0 bridgehead atoms. The molecule has 1 aliphatic heterocycles. The summed E-state index contributed by atoms with van der Waals surface area (Å²) in [6.45, 7) is 0. The zero-order chi connectivity index (χ0) is 10.3. The molecule has 0 amide bonds. The van der Waals surface area contributed by atoms with E-state index in [2.05, 4.69) is 0 Å². The summed E-state index contributed by atoms with van der Waals surface area (Å²) in [5, 5.41) is 2.39. The third-order valence-electron chi connectivity index (χ3n) is 1.87. The Morgan fingerprint density at radius 1 is 1.29 bits per heavy atom. The standard InChI is InChI=1S/C9H6ClF3S/c10-7-2-1-6(9(11,12)13)5-8(7)14-3-4-14/h1-3,5H,4H2. The van der Waals surface area contributed by atoms with Gasteiger partial charge in [0.05, 0.1) is 10.6 Å². The second-order valence-electron chi connectivity index (χ2n) is 2.91. The lowest BCUT2D eigenvalue weighted by Crippen LogP contribution is -2.04. The van der Waals surface area contributed by atoms with Crippen LogP contribution in [0.25, 0.3) is 0 Å². The van der Waals surface area contributed by atoms with Gasteiger partial charge in [0.2, 0.25) is 0 Å². The predicted octanol–water partition coefficient (Wildman–Crippen LogP) is 3.80. The van der Waals surface area contributed by atoms with Gasteiger partial charge in [0.15, 0.2) is 0 Å². The first-order valence-electron chi connectivity index (χ1n) is 3.88. The Kier molecular flexibility index (Phi) is 2.35. The number of benzene rings is 1. The van der Waals surface area contributed by atoms with Gasteiger partial charge in [-0.15, -0.1) is 0 Å². The first-order valence-corrected chi connectivity index (χ1v) is 5.72. The molecule has 0 aliphatic carbocycles. The second kappa shape index (κ2) is 3.28. The Hall–Kier alpha value is -0.480. The number of halogens is 4. The number of hydrogen-bond donors (Lipinski definition) is 0. The summed E-state index contributed by atoms with van der Waals surface area (Å²) in [6, 6.07) is 3.48. The Balaban J connectivity index is 2.46. The Morgan fingerprint density at radius 3 is 2.43 bits per heavy atom. The molecule has 0 saturated carbocycles. The molecule has 1 unspecified atom stereocenters. The van der Waals surface area contributed by atoms with Crippen molar-refractivity contribution in [1.82, 2.24) is 0 Å². The molecule has 1 atom stereocenters.